The lowest BCUT2D eigenvalue weighted by Crippen LogP contribution is -2.08. The van der Waals surface area contributed by atoms with Gasteiger partial charge in [0.15, 0.2) is 0 Å². The van der Waals surface area contributed by atoms with Crippen molar-refractivity contribution in [3.63, 3.8) is 0 Å². The van der Waals surface area contributed by atoms with Crippen LogP contribution in [0.4, 0.5) is 5.82 Å². The van der Waals surface area contributed by atoms with Gasteiger partial charge in [-0.15, -0.1) is 0 Å². The van der Waals surface area contributed by atoms with Crippen molar-refractivity contribution >= 4 is 27.7 Å². The predicted octanol–water partition coefficient (Wildman–Crippen LogP) is 3.78. The van der Waals surface area contributed by atoms with Crippen LogP contribution in [0.15, 0.2) is 41.0 Å². The van der Waals surface area contributed by atoms with E-state index in [4.69, 9.17) is 9.47 Å². The largest absolute Gasteiger partial charge is 0.496 e. The predicted molar refractivity (Wildman–Crippen MR) is 90.7 cm³/mol. The molecule has 3 rings (SSSR count). The smallest absolute Gasteiger partial charge is 0.340 e. The summed E-state index contributed by atoms with van der Waals surface area (Å²) in [5, 5.41) is 3.28. The van der Waals surface area contributed by atoms with Gasteiger partial charge in [-0.3, -0.25) is 0 Å². The third-order valence-corrected chi connectivity index (χ3v) is 4.02. The molecule has 1 heterocycles. The molecular weight excluding hydrogens is 360 g/mol. The molecule has 0 amide bonds. The van der Waals surface area contributed by atoms with Crippen molar-refractivity contribution in [3.05, 3.63) is 52.1 Å². The fraction of sp³-hybridized carbons (Fsp3) is 0.294. The summed E-state index contributed by atoms with van der Waals surface area (Å²) in [5.74, 6) is 1.07. The Morgan fingerprint density at radius 1 is 1.35 bits per heavy atom. The number of methoxy groups -OCH3 is 1. The molecule has 1 aromatic heterocycles. The molecule has 0 saturated heterocycles. The Morgan fingerprint density at radius 3 is 2.83 bits per heavy atom. The van der Waals surface area contributed by atoms with E-state index in [9.17, 15) is 4.79 Å². The molecule has 2 aromatic rings. The van der Waals surface area contributed by atoms with E-state index in [1.807, 2.05) is 18.2 Å². The summed E-state index contributed by atoms with van der Waals surface area (Å²) in [5.41, 5.74) is 1.23. The minimum atomic E-state index is -0.405. The molecule has 0 spiro atoms. The molecule has 1 aromatic carbocycles. The van der Waals surface area contributed by atoms with Gasteiger partial charge in [-0.1, -0.05) is 15.9 Å². The summed E-state index contributed by atoms with van der Waals surface area (Å²) in [6.07, 6.45) is 3.89. The number of pyridine rings is 1. The van der Waals surface area contributed by atoms with Crippen LogP contribution in [-0.4, -0.2) is 24.1 Å². The summed E-state index contributed by atoms with van der Waals surface area (Å²) < 4.78 is 11.5. The standard InChI is InChI=1S/C17H17BrN2O3/c1-22-15-6-3-13(18)8-12(15)10-23-17(21)11-2-7-16(19-9-11)20-14-4-5-14/h2-3,6-9,14H,4-5,10H2,1H3,(H,19,20). The highest BCUT2D eigenvalue weighted by Crippen LogP contribution is 2.25. The number of hydrogen-bond donors (Lipinski definition) is 1. The number of aromatic nitrogens is 1. The number of nitrogens with one attached hydrogen (secondary N) is 1. The molecular formula is C17H17BrN2O3. The van der Waals surface area contributed by atoms with Crippen molar-refractivity contribution < 1.29 is 14.3 Å². The Labute approximate surface area is 143 Å². The van der Waals surface area contributed by atoms with Gasteiger partial charge in [0, 0.05) is 22.3 Å². The van der Waals surface area contributed by atoms with Crippen molar-refractivity contribution in [2.45, 2.75) is 25.5 Å². The van der Waals surface area contributed by atoms with Gasteiger partial charge >= 0.3 is 5.97 Å². The highest BCUT2D eigenvalue weighted by Gasteiger charge is 2.21. The fourth-order valence-electron chi connectivity index (χ4n) is 2.12. The first-order valence-electron chi connectivity index (χ1n) is 7.38. The molecule has 0 unspecified atom stereocenters. The van der Waals surface area contributed by atoms with Gasteiger partial charge in [-0.05, 0) is 43.2 Å². The summed E-state index contributed by atoms with van der Waals surface area (Å²) in [7, 11) is 1.59. The average molecular weight is 377 g/mol. The number of ether oxygens (including phenoxy) is 2. The van der Waals surface area contributed by atoms with Crippen LogP contribution in [0.1, 0.15) is 28.8 Å². The zero-order valence-corrected chi connectivity index (χ0v) is 14.3. The number of benzene rings is 1. The Morgan fingerprint density at radius 2 is 2.17 bits per heavy atom. The lowest BCUT2D eigenvalue weighted by molar-refractivity contribution is 0.0469. The normalized spacial score (nSPS) is 13.5. The van der Waals surface area contributed by atoms with E-state index < -0.39 is 5.97 Å². The summed E-state index contributed by atoms with van der Waals surface area (Å²) in [4.78, 5) is 16.4. The number of rotatable bonds is 6. The highest BCUT2D eigenvalue weighted by atomic mass is 79.9. The van der Waals surface area contributed by atoms with E-state index in [0.29, 0.717) is 17.4 Å². The van der Waals surface area contributed by atoms with Gasteiger partial charge in [-0.25, -0.2) is 9.78 Å². The number of anilines is 1. The first-order chi connectivity index (χ1) is 11.2. The average Bonchev–Trinajstić information content (AvgIpc) is 3.37. The van der Waals surface area contributed by atoms with Crippen LogP contribution in [-0.2, 0) is 11.3 Å². The van der Waals surface area contributed by atoms with Crippen molar-refractivity contribution in [2.24, 2.45) is 0 Å². The molecule has 120 valence electrons. The van der Waals surface area contributed by atoms with Gasteiger partial charge in [0.05, 0.1) is 12.7 Å². The minimum absolute atomic E-state index is 0.142. The number of hydrogen-bond acceptors (Lipinski definition) is 5. The summed E-state index contributed by atoms with van der Waals surface area (Å²) >= 11 is 3.40. The van der Waals surface area contributed by atoms with E-state index in [-0.39, 0.29) is 6.61 Å². The Balaban J connectivity index is 1.61. The molecule has 1 saturated carbocycles. The third kappa shape index (κ3) is 4.22. The van der Waals surface area contributed by atoms with Gasteiger partial charge in [0.25, 0.3) is 0 Å². The molecule has 1 aliphatic carbocycles. The van der Waals surface area contributed by atoms with E-state index in [1.54, 1.807) is 19.2 Å². The third-order valence-electron chi connectivity index (χ3n) is 3.53. The van der Waals surface area contributed by atoms with E-state index in [2.05, 4.69) is 26.2 Å². The minimum Gasteiger partial charge on any atom is -0.496 e. The SMILES string of the molecule is COc1ccc(Br)cc1COC(=O)c1ccc(NC2CC2)nc1. The lowest BCUT2D eigenvalue weighted by atomic mass is 10.2. The van der Waals surface area contributed by atoms with Crippen LogP contribution in [0.5, 0.6) is 5.75 Å². The molecule has 0 radical (unpaired) electrons. The molecule has 1 N–H and O–H groups in total. The quantitative estimate of drug-likeness (QED) is 0.777. The first kappa shape index (κ1) is 15.8. The molecule has 1 aliphatic rings. The molecule has 0 aliphatic heterocycles. The topological polar surface area (TPSA) is 60.5 Å². The second-order valence-corrected chi connectivity index (χ2v) is 6.30. The van der Waals surface area contributed by atoms with Crippen LogP contribution in [0.25, 0.3) is 0 Å². The van der Waals surface area contributed by atoms with E-state index in [0.717, 1.165) is 15.9 Å². The molecule has 1 fully saturated rings. The van der Waals surface area contributed by atoms with Gasteiger partial charge in [0.2, 0.25) is 0 Å². The van der Waals surface area contributed by atoms with Crippen molar-refractivity contribution in [3.8, 4) is 5.75 Å². The summed E-state index contributed by atoms with van der Waals surface area (Å²) in [6.45, 7) is 0.142. The molecule has 5 nitrogen and oxygen atoms in total. The number of halogens is 1. The fourth-order valence-corrected chi connectivity index (χ4v) is 2.53. The zero-order chi connectivity index (χ0) is 16.2. The first-order valence-corrected chi connectivity index (χ1v) is 8.17. The Hall–Kier alpha value is -2.08. The number of nitrogens with zero attached hydrogens (tertiary/aromatic N) is 1. The number of carbonyl (C=O) groups is 1. The van der Waals surface area contributed by atoms with Crippen LogP contribution in [0.3, 0.4) is 0 Å². The molecule has 0 atom stereocenters. The maximum Gasteiger partial charge on any atom is 0.340 e. The monoisotopic (exact) mass is 376 g/mol. The number of carbonyl (C=O) groups excluding carboxylic acids is 1. The van der Waals surface area contributed by atoms with Crippen LogP contribution < -0.4 is 10.1 Å². The Bertz CT molecular complexity index is 699. The Kier molecular flexibility index (Phi) is 4.81. The van der Waals surface area contributed by atoms with Crippen LogP contribution in [0.2, 0.25) is 0 Å². The zero-order valence-electron chi connectivity index (χ0n) is 12.7. The molecule has 6 heteroatoms. The van der Waals surface area contributed by atoms with Crippen molar-refractivity contribution in [1.82, 2.24) is 4.98 Å². The maximum absolute atomic E-state index is 12.1. The molecule has 0 bridgehead atoms. The lowest BCUT2D eigenvalue weighted by Gasteiger charge is -2.10. The van der Waals surface area contributed by atoms with Crippen molar-refractivity contribution in [2.75, 3.05) is 12.4 Å². The highest BCUT2D eigenvalue weighted by molar-refractivity contribution is 9.10. The van der Waals surface area contributed by atoms with Gasteiger partial charge < -0.3 is 14.8 Å². The number of esters is 1. The second-order valence-electron chi connectivity index (χ2n) is 5.38. The van der Waals surface area contributed by atoms with Crippen molar-refractivity contribution in [1.29, 1.82) is 0 Å². The van der Waals surface area contributed by atoms with E-state index >= 15 is 0 Å². The van der Waals surface area contributed by atoms with E-state index in [1.165, 1.54) is 19.0 Å². The van der Waals surface area contributed by atoms with Gasteiger partial charge in [-0.2, -0.15) is 0 Å². The maximum atomic E-state index is 12.1. The second kappa shape index (κ2) is 7.00. The molecule has 23 heavy (non-hydrogen) atoms. The van der Waals surface area contributed by atoms with Crippen LogP contribution >= 0.6 is 15.9 Å². The van der Waals surface area contributed by atoms with Crippen LogP contribution in [0, 0.1) is 0 Å². The van der Waals surface area contributed by atoms with Gasteiger partial charge in [0.1, 0.15) is 18.2 Å². The summed E-state index contributed by atoms with van der Waals surface area (Å²) in [6, 6.07) is 9.62.